The van der Waals surface area contributed by atoms with E-state index < -0.39 is 0 Å². The molecule has 1 aliphatic rings. The second kappa shape index (κ2) is 3.46. The summed E-state index contributed by atoms with van der Waals surface area (Å²) in [4.78, 5) is 13.4. The molecule has 68 valence electrons. The highest BCUT2D eigenvalue weighted by molar-refractivity contribution is 14.1. The van der Waals surface area contributed by atoms with E-state index in [9.17, 15) is 4.79 Å². The quantitative estimate of drug-likeness (QED) is 0.576. The Morgan fingerprint density at radius 1 is 1.46 bits per heavy atom. The summed E-state index contributed by atoms with van der Waals surface area (Å²) in [5.41, 5.74) is 0.617. The molecule has 0 aromatic heterocycles. The third-order valence-electron chi connectivity index (χ3n) is 1.89. The summed E-state index contributed by atoms with van der Waals surface area (Å²) in [5, 5.41) is 0.539. The van der Waals surface area contributed by atoms with E-state index in [2.05, 4.69) is 22.6 Å². The molecule has 1 amide bonds. The zero-order chi connectivity index (χ0) is 9.42. The highest BCUT2D eigenvalue weighted by Crippen LogP contribution is 2.22. The van der Waals surface area contributed by atoms with E-state index in [0.717, 1.165) is 16.7 Å². The first-order valence-corrected chi connectivity index (χ1v) is 5.38. The number of halogens is 2. The van der Waals surface area contributed by atoms with Crippen molar-refractivity contribution in [1.82, 2.24) is 4.90 Å². The van der Waals surface area contributed by atoms with E-state index in [-0.39, 0.29) is 5.91 Å². The summed E-state index contributed by atoms with van der Waals surface area (Å²) in [7, 11) is 0. The van der Waals surface area contributed by atoms with Gasteiger partial charge in [-0.25, -0.2) is 0 Å². The summed E-state index contributed by atoms with van der Waals surface area (Å²) in [6.07, 6.45) is 0. The number of hydrogen-bond acceptors (Lipinski definition) is 1. The fourth-order valence-electron chi connectivity index (χ4n) is 1.08. The van der Waals surface area contributed by atoms with Gasteiger partial charge in [-0.3, -0.25) is 4.79 Å². The van der Waals surface area contributed by atoms with E-state index in [4.69, 9.17) is 11.6 Å². The van der Waals surface area contributed by atoms with Gasteiger partial charge in [-0.05, 0) is 40.8 Å². The number of hydrogen-bond donors (Lipinski definition) is 0. The maximum Gasteiger partial charge on any atom is 0.255 e. The van der Waals surface area contributed by atoms with Gasteiger partial charge in [-0.15, -0.1) is 0 Å². The third kappa shape index (κ3) is 1.96. The first-order valence-electron chi connectivity index (χ1n) is 3.93. The molecule has 0 saturated carbocycles. The average molecular weight is 308 g/mol. The van der Waals surface area contributed by atoms with Crippen molar-refractivity contribution >= 4 is 40.1 Å². The Bertz CT molecular complexity index is 363. The molecular formula is C9H7ClINO. The number of carbonyl (C=O) groups excluding carboxylic acids is 1. The second-order valence-corrected chi connectivity index (χ2v) is 4.57. The molecular weight excluding hydrogens is 300 g/mol. The smallest absolute Gasteiger partial charge is 0.255 e. The van der Waals surface area contributed by atoms with Crippen LogP contribution in [-0.2, 0) is 0 Å². The molecule has 0 radical (unpaired) electrons. The van der Waals surface area contributed by atoms with Crippen LogP contribution in [-0.4, -0.2) is 23.9 Å². The Kier molecular flexibility index (Phi) is 2.47. The Balaban J connectivity index is 2.37. The minimum Gasteiger partial charge on any atom is -0.335 e. The molecule has 2 nitrogen and oxygen atoms in total. The molecule has 1 fully saturated rings. The molecule has 0 unspecified atom stereocenters. The van der Waals surface area contributed by atoms with Crippen LogP contribution >= 0.6 is 34.2 Å². The predicted octanol–water partition coefficient (Wildman–Crippen LogP) is 2.40. The average Bonchev–Trinajstić information content (AvgIpc) is 2.91. The first kappa shape index (κ1) is 9.27. The minimum atomic E-state index is 0.0449. The van der Waals surface area contributed by atoms with Crippen LogP contribution in [0.15, 0.2) is 18.2 Å². The molecule has 0 N–H and O–H groups in total. The van der Waals surface area contributed by atoms with Gasteiger partial charge in [0.15, 0.2) is 0 Å². The number of nitrogens with zero attached hydrogens (tertiary/aromatic N) is 1. The number of amides is 1. The lowest BCUT2D eigenvalue weighted by Crippen LogP contribution is -2.11. The molecule has 1 aromatic carbocycles. The SMILES string of the molecule is O=C(c1cc(I)ccc1Cl)N1CC1. The zero-order valence-corrected chi connectivity index (χ0v) is 9.67. The van der Waals surface area contributed by atoms with Gasteiger partial charge in [0.05, 0.1) is 10.6 Å². The van der Waals surface area contributed by atoms with Crippen molar-refractivity contribution in [3.8, 4) is 0 Å². The first-order chi connectivity index (χ1) is 6.18. The van der Waals surface area contributed by atoms with Crippen LogP contribution in [0.1, 0.15) is 10.4 Å². The van der Waals surface area contributed by atoms with Gasteiger partial charge in [-0.1, -0.05) is 11.6 Å². The normalized spacial score (nSPS) is 14.5. The highest BCUT2D eigenvalue weighted by Gasteiger charge is 2.26. The van der Waals surface area contributed by atoms with Gasteiger partial charge in [0.25, 0.3) is 5.91 Å². The van der Waals surface area contributed by atoms with E-state index in [1.807, 2.05) is 12.1 Å². The van der Waals surface area contributed by atoms with Crippen LogP contribution in [0.3, 0.4) is 0 Å². The van der Waals surface area contributed by atoms with Crippen molar-refractivity contribution in [2.24, 2.45) is 0 Å². The van der Waals surface area contributed by atoms with E-state index in [1.54, 1.807) is 11.0 Å². The van der Waals surface area contributed by atoms with Crippen LogP contribution in [0.4, 0.5) is 0 Å². The molecule has 0 bridgehead atoms. The molecule has 2 rings (SSSR count). The minimum absolute atomic E-state index is 0.0449. The molecule has 4 heteroatoms. The maximum atomic E-state index is 11.6. The Hall–Kier alpha value is -0.290. The molecule has 1 saturated heterocycles. The van der Waals surface area contributed by atoms with Crippen molar-refractivity contribution in [1.29, 1.82) is 0 Å². The fraction of sp³-hybridized carbons (Fsp3) is 0.222. The van der Waals surface area contributed by atoms with Gasteiger partial charge < -0.3 is 4.90 Å². The standard InChI is InChI=1S/C9H7ClINO/c10-8-2-1-6(11)5-7(8)9(13)12-3-4-12/h1-2,5H,3-4H2. The monoisotopic (exact) mass is 307 g/mol. The molecule has 1 heterocycles. The van der Waals surface area contributed by atoms with E-state index in [1.165, 1.54) is 0 Å². The van der Waals surface area contributed by atoms with Crippen molar-refractivity contribution < 1.29 is 4.79 Å². The lowest BCUT2D eigenvalue weighted by Gasteiger charge is -2.04. The molecule has 0 spiro atoms. The highest BCUT2D eigenvalue weighted by atomic mass is 127. The maximum absolute atomic E-state index is 11.6. The van der Waals surface area contributed by atoms with Gasteiger partial charge in [0, 0.05) is 16.7 Å². The summed E-state index contributed by atoms with van der Waals surface area (Å²) >= 11 is 8.08. The number of rotatable bonds is 1. The Labute approximate surface area is 95.0 Å². The largest absolute Gasteiger partial charge is 0.335 e. The third-order valence-corrected chi connectivity index (χ3v) is 2.89. The van der Waals surface area contributed by atoms with Crippen LogP contribution in [0.2, 0.25) is 5.02 Å². The zero-order valence-electron chi connectivity index (χ0n) is 6.76. The van der Waals surface area contributed by atoms with Gasteiger partial charge in [0.1, 0.15) is 0 Å². The van der Waals surface area contributed by atoms with Crippen molar-refractivity contribution in [2.75, 3.05) is 13.1 Å². The van der Waals surface area contributed by atoms with Crippen molar-refractivity contribution in [3.05, 3.63) is 32.4 Å². The fourth-order valence-corrected chi connectivity index (χ4v) is 1.77. The summed E-state index contributed by atoms with van der Waals surface area (Å²) in [6, 6.07) is 5.48. The van der Waals surface area contributed by atoms with E-state index >= 15 is 0 Å². The molecule has 1 aliphatic heterocycles. The predicted molar refractivity (Wildman–Crippen MR) is 60.1 cm³/mol. The van der Waals surface area contributed by atoms with E-state index in [0.29, 0.717) is 10.6 Å². The topological polar surface area (TPSA) is 20.1 Å². The van der Waals surface area contributed by atoms with Gasteiger partial charge >= 0.3 is 0 Å². The van der Waals surface area contributed by atoms with Crippen LogP contribution in [0, 0.1) is 3.57 Å². The lowest BCUT2D eigenvalue weighted by molar-refractivity contribution is 0.0885. The number of carbonyl (C=O) groups is 1. The van der Waals surface area contributed by atoms with Crippen LogP contribution in [0.5, 0.6) is 0 Å². The molecule has 1 aromatic rings. The molecule has 0 aliphatic carbocycles. The van der Waals surface area contributed by atoms with Gasteiger partial charge in [-0.2, -0.15) is 0 Å². The van der Waals surface area contributed by atoms with Crippen molar-refractivity contribution in [3.63, 3.8) is 0 Å². The number of benzene rings is 1. The molecule has 13 heavy (non-hydrogen) atoms. The Morgan fingerprint density at radius 2 is 2.15 bits per heavy atom. The van der Waals surface area contributed by atoms with Crippen molar-refractivity contribution in [2.45, 2.75) is 0 Å². The second-order valence-electron chi connectivity index (χ2n) is 2.92. The van der Waals surface area contributed by atoms with Crippen LogP contribution < -0.4 is 0 Å². The summed E-state index contributed by atoms with van der Waals surface area (Å²) < 4.78 is 1.03. The molecule has 0 atom stereocenters. The lowest BCUT2D eigenvalue weighted by atomic mass is 10.2. The van der Waals surface area contributed by atoms with Crippen LogP contribution in [0.25, 0.3) is 0 Å². The summed E-state index contributed by atoms with van der Waals surface area (Å²) in [5.74, 6) is 0.0449. The van der Waals surface area contributed by atoms with Gasteiger partial charge in [0.2, 0.25) is 0 Å². The Morgan fingerprint density at radius 3 is 2.77 bits per heavy atom. The summed E-state index contributed by atoms with van der Waals surface area (Å²) in [6.45, 7) is 1.72.